The van der Waals surface area contributed by atoms with Crippen LogP contribution in [0, 0.1) is 12.8 Å². The number of Topliss-reactive ketones (excluding diaryl/α,β-unsaturated/α-hetero) is 1. The molecule has 1 N–H and O–H groups in total. The van der Waals surface area contributed by atoms with Gasteiger partial charge in [0.05, 0.1) is 31.4 Å². The van der Waals surface area contributed by atoms with Gasteiger partial charge < -0.3 is 19.5 Å². The highest BCUT2D eigenvalue weighted by Crippen LogP contribution is 2.40. The number of nitrogens with zero attached hydrogens (tertiary/aromatic N) is 2. The first-order valence-corrected chi connectivity index (χ1v) is 13.2. The summed E-state index contributed by atoms with van der Waals surface area (Å²) in [7, 11) is 0. The molecule has 7 nitrogen and oxygen atoms in total. The molecule has 37 heavy (non-hydrogen) atoms. The second-order valence-corrected chi connectivity index (χ2v) is 10.5. The normalized spacial score (nSPS) is 20.1. The zero-order valence-corrected chi connectivity index (χ0v) is 22.5. The molecule has 1 amide bonds. The van der Waals surface area contributed by atoms with E-state index in [9.17, 15) is 14.7 Å². The van der Waals surface area contributed by atoms with Gasteiger partial charge in [-0.05, 0) is 60.7 Å². The maximum absolute atomic E-state index is 13.3. The van der Waals surface area contributed by atoms with Crippen molar-refractivity contribution in [3.8, 4) is 5.75 Å². The third-order valence-electron chi connectivity index (χ3n) is 6.74. The monoisotopic (exact) mass is 526 g/mol. The number of aryl methyl sites for hydroxylation is 1. The minimum absolute atomic E-state index is 0.0950. The predicted octanol–water partition coefficient (Wildman–Crippen LogP) is 4.83. The van der Waals surface area contributed by atoms with E-state index in [0.717, 1.165) is 30.8 Å². The van der Waals surface area contributed by atoms with Gasteiger partial charge in [-0.1, -0.05) is 37.6 Å². The van der Waals surface area contributed by atoms with Gasteiger partial charge in [0, 0.05) is 36.8 Å². The standard InChI is InChI=1S/C29H35ClN2O5/c1-19(2)18-37-23-9-10-24(20(3)17-23)27(33)25-26(21-5-7-22(30)8-6-21)32(29(35)28(25)34)12-4-11-31-13-15-36-16-14-31/h5-10,17,19,26,33H,4,11-16,18H2,1-3H3/b27-25+/t26-/m0/s1. The van der Waals surface area contributed by atoms with E-state index in [1.807, 2.05) is 13.0 Å². The molecule has 4 rings (SSSR count). The summed E-state index contributed by atoms with van der Waals surface area (Å²) in [6.45, 7) is 10.9. The fraction of sp³-hybridized carbons (Fsp3) is 0.448. The van der Waals surface area contributed by atoms with Gasteiger partial charge in [-0.2, -0.15) is 0 Å². The van der Waals surface area contributed by atoms with Crippen molar-refractivity contribution < 1.29 is 24.2 Å². The number of carbonyl (C=O) groups excluding carboxylic acids is 2. The average molecular weight is 527 g/mol. The number of hydrogen-bond acceptors (Lipinski definition) is 6. The van der Waals surface area contributed by atoms with Crippen LogP contribution in [0.15, 0.2) is 48.0 Å². The van der Waals surface area contributed by atoms with Crippen LogP contribution < -0.4 is 4.74 Å². The number of benzene rings is 2. The minimum Gasteiger partial charge on any atom is -0.507 e. The molecule has 0 bridgehead atoms. The third kappa shape index (κ3) is 6.35. The first-order valence-electron chi connectivity index (χ1n) is 12.8. The lowest BCUT2D eigenvalue weighted by Crippen LogP contribution is -2.38. The van der Waals surface area contributed by atoms with Gasteiger partial charge in [-0.15, -0.1) is 0 Å². The largest absolute Gasteiger partial charge is 0.507 e. The fourth-order valence-corrected chi connectivity index (χ4v) is 4.92. The Morgan fingerprint density at radius 1 is 1.11 bits per heavy atom. The summed E-state index contributed by atoms with van der Waals surface area (Å²) in [6.07, 6.45) is 0.706. The van der Waals surface area contributed by atoms with Crippen LogP contribution in [0.1, 0.15) is 43.0 Å². The number of likely N-dealkylation sites (tertiary alicyclic amines) is 1. The lowest BCUT2D eigenvalue weighted by atomic mass is 9.94. The van der Waals surface area contributed by atoms with Crippen molar-refractivity contribution >= 4 is 29.1 Å². The zero-order valence-electron chi connectivity index (χ0n) is 21.7. The van der Waals surface area contributed by atoms with Crippen molar-refractivity contribution in [2.24, 2.45) is 5.92 Å². The van der Waals surface area contributed by atoms with Crippen molar-refractivity contribution in [1.82, 2.24) is 9.80 Å². The number of ketones is 1. The lowest BCUT2D eigenvalue weighted by molar-refractivity contribution is -0.140. The van der Waals surface area contributed by atoms with E-state index in [1.54, 1.807) is 41.3 Å². The van der Waals surface area contributed by atoms with Crippen LogP contribution in [0.5, 0.6) is 5.75 Å². The molecular weight excluding hydrogens is 492 g/mol. The van der Waals surface area contributed by atoms with Gasteiger partial charge in [-0.25, -0.2) is 0 Å². The highest BCUT2D eigenvalue weighted by Gasteiger charge is 2.46. The third-order valence-corrected chi connectivity index (χ3v) is 6.99. The highest BCUT2D eigenvalue weighted by molar-refractivity contribution is 6.46. The summed E-state index contributed by atoms with van der Waals surface area (Å²) in [5.41, 5.74) is 2.08. The smallest absolute Gasteiger partial charge is 0.295 e. The van der Waals surface area contributed by atoms with Gasteiger partial charge in [0.2, 0.25) is 0 Å². The van der Waals surface area contributed by atoms with E-state index in [4.69, 9.17) is 21.1 Å². The summed E-state index contributed by atoms with van der Waals surface area (Å²) >= 11 is 6.12. The molecule has 198 valence electrons. The van der Waals surface area contributed by atoms with E-state index >= 15 is 0 Å². The van der Waals surface area contributed by atoms with Gasteiger partial charge in [0.15, 0.2) is 0 Å². The van der Waals surface area contributed by atoms with E-state index < -0.39 is 17.7 Å². The number of halogens is 1. The molecule has 8 heteroatoms. The second-order valence-electron chi connectivity index (χ2n) is 10.0. The van der Waals surface area contributed by atoms with Crippen LogP contribution in [0.25, 0.3) is 5.76 Å². The average Bonchev–Trinajstić information content (AvgIpc) is 3.13. The number of rotatable bonds is 9. The number of amides is 1. The van der Waals surface area contributed by atoms with Crippen molar-refractivity contribution in [3.63, 3.8) is 0 Å². The Morgan fingerprint density at radius 3 is 2.46 bits per heavy atom. The fourth-order valence-electron chi connectivity index (χ4n) is 4.79. The first kappa shape index (κ1) is 27.2. The quantitative estimate of drug-likeness (QED) is 0.286. The number of aliphatic hydroxyl groups excluding tert-OH is 1. The Hall–Kier alpha value is -2.87. The zero-order chi connectivity index (χ0) is 26.5. The molecule has 0 unspecified atom stereocenters. The summed E-state index contributed by atoms with van der Waals surface area (Å²) in [5.74, 6) is -0.379. The predicted molar refractivity (Wildman–Crippen MR) is 144 cm³/mol. The molecule has 2 saturated heterocycles. The van der Waals surface area contributed by atoms with E-state index in [1.165, 1.54) is 0 Å². The summed E-state index contributed by atoms with van der Waals surface area (Å²) in [5, 5.41) is 12.0. The molecule has 0 radical (unpaired) electrons. The van der Waals surface area contributed by atoms with Crippen LogP contribution in [0.2, 0.25) is 5.02 Å². The molecule has 0 aromatic heterocycles. The molecule has 2 aliphatic heterocycles. The number of carbonyl (C=O) groups is 2. The van der Waals surface area contributed by atoms with Crippen LogP contribution in [0.3, 0.4) is 0 Å². The lowest BCUT2D eigenvalue weighted by Gasteiger charge is -2.29. The Labute approximate surface area is 223 Å². The van der Waals surface area contributed by atoms with Gasteiger partial charge >= 0.3 is 0 Å². The molecule has 1 atom stereocenters. The molecule has 0 saturated carbocycles. The molecule has 2 aromatic rings. The van der Waals surface area contributed by atoms with Crippen molar-refractivity contribution in [3.05, 3.63) is 69.8 Å². The summed E-state index contributed by atoms with van der Waals surface area (Å²) < 4.78 is 11.2. The van der Waals surface area contributed by atoms with Crippen molar-refractivity contribution in [2.75, 3.05) is 46.0 Å². The maximum atomic E-state index is 13.3. The molecule has 2 heterocycles. The Kier molecular flexibility index (Phi) is 8.90. The summed E-state index contributed by atoms with van der Waals surface area (Å²) in [4.78, 5) is 30.4. The van der Waals surface area contributed by atoms with Gasteiger partial charge in [-0.3, -0.25) is 14.5 Å². The van der Waals surface area contributed by atoms with Gasteiger partial charge in [0.1, 0.15) is 11.5 Å². The molecule has 0 aliphatic carbocycles. The Balaban J connectivity index is 1.65. The highest BCUT2D eigenvalue weighted by atomic mass is 35.5. The topological polar surface area (TPSA) is 79.3 Å². The second kappa shape index (κ2) is 12.1. The van der Waals surface area contributed by atoms with Crippen LogP contribution in [-0.4, -0.2) is 72.6 Å². The molecule has 2 aliphatic rings. The van der Waals surface area contributed by atoms with Crippen LogP contribution in [-0.2, 0) is 14.3 Å². The minimum atomic E-state index is -0.696. The molecule has 2 fully saturated rings. The molecule has 2 aromatic carbocycles. The molecule has 0 spiro atoms. The van der Waals surface area contributed by atoms with E-state index in [2.05, 4.69) is 18.7 Å². The number of ether oxygens (including phenoxy) is 2. The number of morpholine rings is 1. The first-order chi connectivity index (χ1) is 17.8. The number of aliphatic hydroxyl groups is 1. The van der Waals surface area contributed by atoms with Crippen LogP contribution in [0.4, 0.5) is 0 Å². The number of hydrogen-bond donors (Lipinski definition) is 1. The van der Waals surface area contributed by atoms with Crippen LogP contribution >= 0.6 is 11.6 Å². The van der Waals surface area contributed by atoms with Crippen molar-refractivity contribution in [1.29, 1.82) is 0 Å². The Bertz CT molecular complexity index is 1160. The van der Waals surface area contributed by atoms with E-state index in [0.29, 0.717) is 55.0 Å². The maximum Gasteiger partial charge on any atom is 0.295 e. The van der Waals surface area contributed by atoms with Crippen molar-refractivity contribution in [2.45, 2.75) is 33.2 Å². The Morgan fingerprint density at radius 2 is 1.81 bits per heavy atom. The summed E-state index contributed by atoms with van der Waals surface area (Å²) in [6, 6.07) is 11.7. The SMILES string of the molecule is Cc1cc(OCC(C)C)ccc1/C(O)=C1\C(=O)C(=O)N(CCCN2CCOCC2)[C@H]1c1ccc(Cl)cc1. The van der Waals surface area contributed by atoms with E-state index in [-0.39, 0.29) is 11.3 Å². The van der Waals surface area contributed by atoms with Gasteiger partial charge in [0.25, 0.3) is 11.7 Å². The molecular formula is C29H35ClN2O5.